The largest absolute Gasteiger partial charge is 0.398 e. The van der Waals surface area contributed by atoms with E-state index in [-0.39, 0.29) is 0 Å². The monoisotopic (exact) mass is 343 g/mol. The summed E-state index contributed by atoms with van der Waals surface area (Å²) in [5, 5.41) is 0. The highest BCUT2D eigenvalue weighted by molar-refractivity contribution is 9.10. The fourth-order valence-corrected chi connectivity index (χ4v) is 2.98. The van der Waals surface area contributed by atoms with Gasteiger partial charge in [0.2, 0.25) is 0 Å². The lowest BCUT2D eigenvalue weighted by atomic mass is 10.1. The van der Waals surface area contributed by atoms with Crippen LogP contribution in [0.4, 0.5) is 5.69 Å². The van der Waals surface area contributed by atoms with E-state index in [4.69, 9.17) is 10.7 Å². The van der Waals surface area contributed by atoms with Crippen molar-refractivity contribution >= 4 is 32.7 Å². The van der Waals surface area contributed by atoms with Gasteiger partial charge in [0, 0.05) is 16.6 Å². The van der Waals surface area contributed by atoms with Crippen molar-refractivity contribution in [2.24, 2.45) is 0 Å². The van der Waals surface area contributed by atoms with Crippen molar-refractivity contribution in [2.45, 2.75) is 26.3 Å². The predicted octanol–water partition coefficient (Wildman–Crippen LogP) is 4.38. The summed E-state index contributed by atoms with van der Waals surface area (Å²) in [5.41, 5.74) is 10.3. The minimum absolute atomic E-state index is 0.759. The number of imidazole rings is 1. The zero-order valence-electron chi connectivity index (χ0n) is 12.0. The number of hydrogen-bond acceptors (Lipinski definition) is 2. The highest BCUT2D eigenvalue weighted by atomic mass is 79.9. The van der Waals surface area contributed by atoms with Crippen molar-refractivity contribution in [1.29, 1.82) is 0 Å². The topological polar surface area (TPSA) is 43.8 Å². The molecule has 0 aliphatic rings. The molecular weight excluding hydrogens is 326 g/mol. The van der Waals surface area contributed by atoms with Crippen molar-refractivity contribution in [2.75, 3.05) is 5.73 Å². The van der Waals surface area contributed by atoms with Crippen LogP contribution in [-0.4, -0.2) is 9.55 Å². The Labute approximate surface area is 132 Å². The van der Waals surface area contributed by atoms with Crippen LogP contribution in [0, 0.1) is 0 Å². The van der Waals surface area contributed by atoms with E-state index >= 15 is 0 Å². The lowest BCUT2D eigenvalue weighted by Gasteiger charge is -2.11. The van der Waals surface area contributed by atoms with Gasteiger partial charge >= 0.3 is 0 Å². The summed E-state index contributed by atoms with van der Waals surface area (Å²) < 4.78 is 3.28. The fraction of sp³-hybridized carbons (Fsp3) is 0.235. The summed E-state index contributed by atoms with van der Waals surface area (Å²) >= 11 is 3.45. The van der Waals surface area contributed by atoms with Gasteiger partial charge in [-0.25, -0.2) is 4.98 Å². The van der Waals surface area contributed by atoms with E-state index < -0.39 is 0 Å². The van der Waals surface area contributed by atoms with E-state index in [1.807, 2.05) is 18.2 Å². The molecular formula is C17H18BrN3. The number of aromatic nitrogens is 2. The highest BCUT2D eigenvalue weighted by Gasteiger charge is 2.11. The molecule has 0 aliphatic carbocycles. The normalized spacial score (nSPS) is 11.1. The number of benzene rings is 2. The number of nitrogens with two attached hydrogens (primary N) is 1. The minimum Gasteiger partial charge on any atom is -0.398 e. The number of hydrogen-bond donors (Lipinski definition) is 1. The molecule has 2 aromatic carbocycles. The van der Waals surface area contributed by atoms with Gasteiger partial charge in [0.1, 0.15) is 5.82 Å². The lowest BCUT2D eigenvalue weighted by Crippen LogP contribution is -2.07. The van der Waals surface area contributed by atoms with Gasteiger partial charge < -0.3 is 10.3 Å². The van der Waals surface area contributed by atoms with Crippen molar-refractivity contribution in [3.63, 3.8) is 0 Å². The maximum absolute atomic E-state index is 6.14. The molecule has 2 N–H and O–H groups in total. The average molecular weight is 344 g/mol. The van der Waals surface area contributed by atoms with Gasteiger partial charge in [-0.05, 0) is 36.2 Å². The van der Waals surface area contributed by atoms with Crippen LogP contribution in [0.3, 0.4) is 0 Å². The van der Waals surface area contributed by atoms with Crippen LogP contribution in [0.1, 0.15) is 24.7 Å². The minimum atomic E-state index is 0.759. The summed E-state index contributed by atoms with van der Waals surface area (Å²) in [6.07, 6.45) is 2.06. The second-order valence-electron chi connectivity index (χ2n) is 5.20. The second-order valence-corrected chi connectivity index (χ2v) is 6.11. The Balaban J connectivity index is 2.07. The molecule has 3 nitrogen and oxygen atoms in total. The zero-order chi connectivity index (χ0) is 14.8. The number of halogens is 1. The summed E-state index contributed by atoms with van der Waals surface area (Å²) in [7, 11) is 0. The molecule has 0 atom stereocenters. The van der Waals surface area contributed by atoms with Crippen molar-refractivity contribution in [3.8, 4) is 0 Å². The summed E-state index contributed by atoms with van der Waals surface area (Å²) in [5.74, 6) is 1.13. The highest BCUT2D eigenvalue weighted by Crippen LogP contribution is 2.23. The van der Waals surface area contributed by atoms with Crippen LogP contribution in [0.5, 0.6) is 0 Å². The number of fused-ring (bicyclic) bond motifs is 1. The maximum atomic E-state index is 6.14. The van der Waals surface area contributed by atoms with E-state index in [9.17, 15) is 0 Å². The number of para-hydroxylation sites is 2. The Bertz CT molecular complexity index is 777. The Kier molecular flexibility index (Phi) is 3.97. The maximum Gasteiger partial charge on any atom is 0.110 e. The molecule has 0 fully saturated rings. The van der Waals surface area contributed by atoms with Crippen LogP contribution in [0.25, 0.3) is 11.0 Å². The van der Waals surface area contributed by atoms with Crippen molar-refractivity contribution < 1.29 is 0 Å². The Morgan fingerprint density at radius 1 is 1.19 bits per heavy atom. The summed E-state index contributed by atoms with van der Waals surface area (Å²) in [6, 6.07) is 14.3. The molecule has 0 bridgehead atoms. The Hall–Kier alpha value is -1.81. The number of anilines is 1. The molecule has 108 valence electrons. The number of nitrogens with zero attached hydrogens (tertiary/aromatic N) is 2. The average Bonchev–Trinajstić information content (AvgIpc) is 2.80. The molecule has 0 aliphatic heterocycles. The van der Waals surface area contributed by atoms with Crippen molar-refractivity contribution in [3.05, 3.63) is 58.3 Å². The molecule has 1 aromatic heterocycles. The molecule has 0 unspecified atom stereocenters. The summed E-state index contributed by atoms with van der Waals surface area (Å²) in [4.78, 5) is 4.76. The van der Waals surface area contributed by atoms with Gasteiger partial charge in [-0.2, -0.15) is 0 Å². The number of nitrogen functional groups attached to an aromatic ring is 1. The van der Waals surface area contributed by atoms with Crippen LogP contribution >= 0.6 is 15.9 Å². The molecule has 0 saturated heterocycles. The van der Waals surface area contributed by atoms with Gasteiger partial charge in [-0.3, -0.25) is 0 Å². The first kappa shape index (κ1) is 14.1. The molecule has 3 rings (SSSR count). The third-order valence-electron chi connectivity index (χ3n) is 3.64. The first-order valence-corrected chi connectivity index (χ1v) is 7.96. The first-order chi connectivity index (χ1) is 10.2. The van der Waals surface area contributed by atoms with E-state index in [0.29, 0.717) is 0 Å². The molecule has 0 amide bonds. The molecule has 3 aromatic rings. The third-order valence-corrected chi connectivity index (χ3v) is 4.14. The van der Waals surface area contributed by atoms with Gasteiger partial charge in [0.15, 0.2) is 0 Å². The molecule has 0 spiro atoms. The molecule has 1 heterocycles. The van der Waals surface area contributed by atoms with E-state index in [1.165, 1.54) is 5.52 Å². The van der Waals surface area contributed by atoms with Gasteiger partial charge in [-0.1, -0.05) is 41.1 Å². The molecule has 0 radical (unpaired) electrons. The quantitative estimate of drug-likeness (QED) is 0.714. The smallest absolute Gasteiger partial charge is 0.110 e. The molecule has 4 heteroatoms. The second kappa shape index (κ2) is 5.90. The van der Waals surface area contributed by atoms with Crippen molar-refractivity contribution in [1.82, 2.24) is 9.55 Å². The molecule has 0 saturated carbocycles. The van der Waals surface area contributed by atoms with Gasteiger partial charge in [0.25, 0.3) is 0 Å². The zero-order valence-corrected chi connectivity index (χ0v) is 13.6. The lowest BCUT2D eigenvalue weighted by molar-refractivity contribution is 0.723. The van der Waals surface area contributed by atoms with E-state index in [1.54, 1.807) is 0 Å². The Morgan fingerprint density at radius 3 is 2.76 bits per heavy atom. The third kappa shape index (κ3) is 2.81. The van der Waals surface area contributed by atoms with E-state index in [2.05, 4.69) is 51.7 Å². The SMILES string of the molecule is CCCc1nc2ccccc2n1Cc1ccc(Br)cc1N. The van der Waals surface area contributed by atoms with Crippen LogP contribution in [0.2, 0.25) is 0 Å². The number of aryl methyl sites for hydroxylation is 1. The fourth-order valence-electron chi connectivity index (χ4n) is 2.60. The number of rotatable bonds is 4. The predicted molar refractivity (Wildman–Crippen MR) is 91.4 cm³/mol. The van der Waals surface area contributed by atoms with E-state index in [0.717, 1.165) is 46.5 Å². The van der Waals surface area contributed by atoms with Crippen LogP contribution in [0.15, 0.2) is 46.9 Å². The van der Waals surface area contributed by atoms with Gasteiger partial charge in [-0.15, -0.1) is 0 Å². The Morgan fingerprint density at radius 2 is 2.00 bits per heavy atom. The standard InChI is InChI=1S/C17H18BrN3/c1-2-5-17-20-15-6-3-4-7-16(15)21(17)11-12-8-9-13(18)10-14(12)19/h3-4,6-10H,2,5,11,19H2,1H3. The molecule has 21 heavy (non-hydrogen) atoms. The van der Waals surface area contributed by atoms with Gasteiger partial charge in [0.05, 0.1) is 17.6 Å². The summed E-state index contributed by atoms with van der Waals surface area (Å²) in [6.45, 7) is 2.94. The first-order valence-electron chi connectivity index (χ1n) is 7.17. The van der Waals surface area contributed by atoms with Crippen LogP contribution < -0.4 is 5.73 Å². The van der Waals surface area contributed by atoms with Crippen LogP contribution in [-0.2, 0) is 13.0 Å².